The molecule has 118 valence electrons. The number of para-hydroxylation sites is 1. The highest BCUT2D eigenvalue weighted by molar-refractivity contribution is 7.91. The van der Waals surface area contributed by atoms with Crippen LogP contribution in [0.15, 0.2) is 24.3 Å². The lowest BCUT2D eigenvalue weighted by Gasteiger charge is -2.26. The average molecular weight is 311 g/mol. The Balaban J connectivity index is 2.27. The summed E-state index contributed by atoms with van der Waals surface area (Å²) in [4.78, 5) is 0. The van der Waals surface area contributed by atoms with Crippen LogP contribution in [0.5, 0.6) is 5.75 Å². The third-order valence-electron chi connectivity index (χ3n) is 3.91. The Labute approximate surface area is 127 Å². The molecule has 0 bridgehead atoms. The lowest BCUT2D eigenvalue weighted by Crippen LogP contribution is -2.30. The topological polar surface area (TPSA) is 55.4 Å². The number of benzene rings is 1. The minimum Gasteiger partial charge on any atom is -0.494 e. The molecule has 1 N–H and O–H groups in total. The molecule has 1 aromatic carbocycles. The molecule has 0 aliphatic carbocycles. The van der Waals surface area contributed by atoms with Crippen LogP contribution in [0.2, 0.25) is 0 Å². The first kappa shape index (κ1) is 16.3. The van der Waals surface area contributed by atoms with E-state index in [9.17, 15) is 8.42 Å². The summed E-state index contributed by atoms with van der Waals surface area (Å²) in [6.07, 6.45) is 1.75. The Hall–Kier alpha value is -1.07. The number of rotatable bonds is 7. The van der Waals surface area contributed by atoms with Crippen molar-refractivity contribution in [1.29, 1.82) is 0 Å². The van der Waals surface area contributed by atoms with Gasteiger partial charge in [-0.25, -0.2) is 8.42 Å². The van der Waals surface area contributed by atoms with Crippen molar-refractivity contribution in [1.82, 2.24) is 5.32 Å². The molecule has 2 unspecified atom stereocenters. The molecule has 1 aliphatic rings. The monoisotopic (exact) mass is 311 g/mol. The van der Waals surface area contributed by atoms with Gasteiger partial charge in [-0.1, -0.05) is 25.1 Å². The first-order chi connectivity index (χ1) is 10.1. The molecule has 0 spiro atoms. The molecule has 0 saturated carbocycles. The number of nitrogens with one attached hydrogen (secondary N) is 1. The Morgan fingerprint density at radius 1 is 1.33 bits per heavy atom. The minimum atomic E-state index is -2.88. The van der Waals surface area contributed by atoms with Gasteiger partial charge in [-0.2, -0.15) is 0 Å². The molecular weight excluding hydrogens is 286 g/mol. The van der Waals surface area contributed by atoms with Crippen LogP contribution < -0.4 is 10.1 Å². The number of sulfone groups is 1. The normalized spacial score (nSPS) is 22.1. The molecule has 2 atom stereocenters. The summed E-state index contributed by atoms with van der Waals surface area (Å²) in [5, 5.41) is 3.52. The second-order valence-electron chi connectivity index (χ2n) is 5.57. The summed E-state index contributed by atoms with van der Waals surface area (Å²) < 4.78 is 29.3. The van der Waals surface area contributed by atoms with Crippen molar-refractivity contribution in [2.45, 2.75) is 32.7 Å². The summed E-state index contributed by atoms with van der Waals surface area (Å²) in [6.45, 7) is 5.57. The third kappa shape index (κ3) is 4.20. The van der Waals surface area contributed by atoms with E-state index in [-0.39, 0.29) is 17.7 Å². The number of hydrogen-bond acceptors (Lipinski definition) is 4. The van der Waals surface area contributed by atoms with E-state index in [1.54, 1.807) is 0 Å². The van der Waals surface area contributed by atoms with Gasteiger partial charge in [0, 0.05) is 11.6 Å². The van der Waals surface area contributed by atoms with Crippen molar-refractivity contribution in [3.63, 3.8) is 0 Å². The van der Waals surface area contributed by atoms with Gasteiger partial charge >= 0.3 is 0 Å². The Bertz CT molecular complexity index is 556. The molecule has 1 heterocycles. The summed E-state index contributed by atoms with van der Waals surface area (Å²) in [5.41, 5.74) is 1.08. The van der Waals surface area contributed by atoms with Crippen LogP contribution in [0.3, 0.4) is 0 Å². The fourth-order valence-electron chi connectivity index (χ4n) is 2.94. The summed E-state index contributed by atoms with van der Waals surface area (Å²) in [6, 6.07) is 8.00. The van der Waals surface area contributed by atoms with Crippen molar-refractivity contribution in [2.24, 2.45) is 5.92 Å². The fourth-order valence-corrected chi connectivity index (χ4v) is 4.78. The van der Waals surface area contributed by atoms with Gasteiger partial charge in [0.05, 0.1) is 18.1 Å². The predicted molar refractivity (Wildman–Crippen MR) is 85.4 cm³/mol. The van der Waals surface area contributed by atoms with E-state index in [0.717, 1.165) is 30.7 Å². The minimum absolute atomic E-state index is 0.0463. The molecule has 0 amide bonds. The Kier molecular flexibility index (Phi) is 5.65. The quantitative estimate of drug-likeness (QED) is 0.841. The Morgan fingerprint density at radius 3 is 2.71 bits per heavy atom. The van der Waals surface area contributed by atoms with Crippen LogP contribution in [0, 0.1) is 5.92 Å². The van der Waals surface area contributed by atoms with E-state index < -0.39 is 9.84 Å². The van der Waals surface area contributed by atoms with E-state index in [1.165, 1.54) is 0 Å². The van der Waals surface area contributed by atoms with Crippen molar-refractivity contribution >= 4 is 9.84 Å². The summed E-state index contributed by atoms with van der Waals surface area (Å²) >= 11 is 0. The zero-order valence-corrected chi connectivity index (χ0v) is 13.7. The van der Waals surface area contributed by atoms with E-state index in [0.29, 0.717) is 12.4 Å². The maximum Gasteiger partial charge on any atom is 0.150 e. The van der Waals surface area contributed by atoms with Gasteiger partial charge in [0.15, 0.2) is 9.84 Å². The molecular formula is C16H25NO3S. The van der Waals surface area contributed by atoms with Crippen LogP contribution >= 0.6 is 0 Å². The second-order valence-corrected chi connectivity index (χ2v) is 7.79. The van der Waals surface area contributed by atoms with E-state index in [2.05, 4.69) is 12.2 Å². The number of ether oxygens (including phenoxy) is 1. The molecule has 1 aromatic rings. The van der Waals surface area contributed by atoms with Gasteiger partial charge in [0.1, 0.15) is 5.75 Å². The lowest BCUT2D eigenvalue weighted by atomic mass is 9.91. The highest BCUT2D eigenvalue weighted by atomic mass is 32.2. The third-order valence-corrected chi connectivity index (χ3v) is 5.70. The van der Waals surface area contributed by atoms with Gasteiger partial charge in [-0.3, -0.25) is 0 Å². The highest BCUT2D eigenvalue weighted by Gasteiger charge is 2.35. The molecule has 1 aliphatic heterocycles. The van der Waals surface area contributed by atoms with Crippen LogP contribution in [-0.2, 0) is 9.84 Å². The molecule has 1 saturated heterocycles. The largest absolute Gasteiger partial charge is 0.494 e. The molecule has 2 rings (SSSR count). The van der Waals surface area contributed by atoms with Crippen molar-refractivity contribution in [3.05, 3.63) is 29.8 Å². The SMILES string of the molecule is CCCNC(c1ccccc1OCC)C1CCS(=O)(=O)C1. The van der Waals surface area contributed by atoms with Crippen molar-refractivity contribution in [2.75, 3.05) is 24.7 Å². The number of hydrogen-bond donors (Lipinski definition) is 1. The van der Waals surface area contributed by atoms with Gasteiger partial charge in [-0.05, 0) is 38.3 Å². The summed E-state index contributed by atoms with van der Waals surface area (Å²) in [5.74, 6) is 1.56. The van der Waals surface area contributed by atoms with Gasteiger partial charge in [0.2, 0.25) is 0 Å². The van der Waals surface area contributed by atoms with Crippen molar-refractivity contribution < 1.29 is 13.2 Å². The lowest BCUT2D eigenvalue weighted by molar-refractivity contribution is 0.319. The van der Waals surface area contributed by atoms with E-state index in [1.807, 2.05) is 31.2 Å². The van der Waals surface area contributed by atoms with E-state index in [4.69, 9.17) is 4.74 Å². The zero-order valence-electron chi connectivity index (χ0n) is 12.8. The first-order valence-corrected chi connectivity index (χ1v) is 9.55. The molecule has 5 heteroatoms. The molecule has 4 nitrogen and oxygen atoms in total. The smallest absolute Gasteiger partial charge is 0.150 e. The highest BCUT2D eigenvalue weighted by Crippen LogP contribution is 2.35. The molecule has 21 heavy (non-hydrogen) atoms. The molecule has 1 fully saturated rings. The van der Waals surface area contributed by atoms with Gasteiger partial charge in [0.25, 0.3) is 0 Å². The fraction of sp³-hybridized carbons (Fsp3) is 0.625. The van der Waals surface area contributed by atoms with E-state index >= 15 is 0 Å². The Morgan fingerprint density at radius 2 is 2.10 bits per heavy atom. The van der Waals surface area contributed by atoms with Crippen LogP contribution in [-0.4, -0.2) is 33.1 Å². The maximum atomic E-state index is 11.8. The predicted octanol–water partition coefficient (Wildman–Crippen LogP) is 2.56. The second kappa shape index (κ2) is 7.27. The molecule has 0 aromatic heterocycles. The zero-order chi connectivity index (χ0) is 15.3. The first-order valence-electron chi connectivity index (χ1n) is 7.73. The van der Waals surface area contributed by atoms with Crippen molar-refractivity contribution in [3.8, 4) is 5.75 Å². The maximum absolute atomic E-state index is 11.8. The van der Waals surface area contributed by atoms with Crippen LogP contribution in [0.25, 0.3) is 0 Å². The summed E-state index contributed by atoms with van der Waals surface area (Å²) in [7, 11) is -2.88. The van der Waals surface area contributed by atoms with Gasteiger partial charge < -0.3 is 10.1 Å². The average Bonchev–Trinajstić information content (AvgIpc) is 2.81. The van der Waals surface area contributed by atoms with Crippen LogP contribution in [0.4, 0.5) is 0 Å². The standard InChI is InChI=1S/C16H25NO3S/c1-3-10-17-16(13-9-11-21(18,19)12-13)14-7-5-6-8-15(14)20-4-2/h5-8,13,16-17H,3-4,9-12H2,1-2H3. The van der Waals surface area contributed by atoms with Gasteiger partial charge in [-0.15, -0.1) is 0 Å². The van der Waals surface area contributed by atoms with Crippen LogP contribution in [0.1, 0.15) is 38.3 Å². The molecule has 0 radical (unpaired) electrons.